The molecule has 1 aliphatic rings. The molecule has 136 valence electrons. The van der Waals surface area contributed by atoms with Gasteiger partial charge in [-0.15, -0.1) is 0 Å². The summed E-state index contributed by atoms with van der Waals surface area (Å²) in [6.45, 7) is 2.15. The minimum Gasteiger partial charge on any atom is -0.501 e. The zero-order chi connectivity index (χ0) is 18.0. The Hall–Kier alpha value is -1.82. The van der Waals surface area contributed by atoms with Gasteiger partial charge in [0.2, 0.25) is 0 Å². The number of unbranched alkanes of at least 4 members (excludes halogenated alkanes) is 2. The topological polar surface area (TPSA) is 77.4 Å². The first kappa shape index (κ1) is 20.2. The second-order valence-electron chi connectivity index (χ2n) is 5.97. The van der Waals surface area contributed by atoms with Crippen LogP contribution in [0.3, 0.4) is 0 Å². The molecule has 0 saturated heterocycles. The molecule has 24 heavy (non-hydrogen) atoms. The normalized spacial score (nSPS) is 22.0. The van der Waals surface area contributed by atoms with Crippen molar-refractivity contribution < 1.29 is 24.2 Å². The van der Waals surface area contributed by atoms with Crippen LogP contribution < -0.4 is 0 Å². The Morgan fingerprint density at radius 1 is 1.42 bits per heavy atom. The molecule has 0 aromatic carbocycles. The Bertz CT molecular complexity index is 498. The molecule has 1 aliphatic carbocycles. The Labute approximate surface area is 144 Å². The fourth-order valence-electron chi connectivity index (χ4n) is 2.96. The number of esters is 1. The Morgan fingerprint density at radius 2 is 2.17 bits per heavy atom. The van der Waals surface area contributed by atoms with Gasteiger partial charge in [-0.1, -0.05) is 37.4 Å². The van der Waals surface area contributed by atoms with Gasteiger partial charge in [0.25, 0.3) is 0 Å². The van der Waals surface area contributed by atoms with Gasteiger partial charge >= 0.3 is 5.97 Å². The van der Waals surface area contributed by atoms with Crippen molar-refractivity contribution in [1.82, 2.24) is 0 Å². The van der Waals surface area contributed by atoms with Crippen molar-refractivity contribution in [2.24, 2.45) is 11.1 Å². The van der Waals surface area contributed by atoms with E-state index in [-0.39, 0.29) is 11.9 Å². The number of hydrogen-bond acceptors (Lipinski definition) is 6. The molecule has 0 saturated carbocycles. The van der Waals surface area contributed by atoms with Crippen molar-refractivity contribution >= 4 is 12.2 Å². The molecule has 0 heterocycles. The predicted octanol–water partition coefficient (Wildman–Crippen LogP) is 3.45. The maximum absolute atomic E-state index is 11.8. The van der Waals surface area contributed by atoms with E-state index in [1.165, 1.54) is 13.3 Å². The quantitative estimate of drug-likeness (QED) is 0.217. The molecule has 0 bridgehead atoms. The first-order valence-corrected chi connectivity index (χ1v) is 8.32. The molecule has 0 aromatic rings. The second kappa shape index (κ2) is 10.1. The number of nitrogens with zero attached hydrogens (tertiary/aromatic N) is 1. The molecule has 6 nitrogen and oxygen atoms in total. The largest absolute Gasteiger partial charge is 0.501 e. The lowest BCUT2D eigenvalue weighted by Gasteiger charge is -2.32. The van der Waals surface area contributed by atoms with Gasteiger partial charge in [-0.05, 0) is 24.0 Å². The minimum absolute atomic E-state index is 0.0381. The van der Waals surface area contributed by atoms with Gasteiger partial charge < -0.3 is 19.4 Å². The van der Waals surface area contributed by atoms with Gasteiger partial charge in [0.1, 0.15) is 11.4 Å². The van der Waals surface area contributed by atoms with Gasteiger partial charge in [-0.25, -0.2) is 0 Å². The summed E-state index contributed by atoms with van der Waals surface area (Å²) in [4.78, 5) is 11.8. The van der Waals surface area contributed by atoms with E-state index in [4.69, 9.17) is 19.4 Å². The van der Waals surface area contributed by atoms with Crippen LogP contribution in [-0.4, -0.2) is 44.3 Å². The van der Waals surface area contributed by atoms with E-state index in [1.54, 1.807) is 14.2 Å². The summed E-state index contributed by atoms with van der Waals surface area (Å²) in [5.74, 6) is 0.550. The monoisotopic (exact) mass is 339 g/mol. The molecule has 0 fully saturated rings. The molecule has 6 heteroatoms. The average molecular weight is 339 g/mol. The minimum atomic E-state index is -0.831. The number of allylic oxidation sites excluding steroid dienone is 2. The van der Waals surface area contributed by atoms with Crippen LogP contribution in [0.1, 0.15) is 45.4 Å². The van der Waals surface area contributed by atoms with E-state index in [0.29, 0.717) is 12.8 Å². The third-order valence-electron chi connectivity index (χ3n) is 4.44. The van der Waals surface area contributed by atoms with Crippen molar-refractivity contribution in [3.63, 3.8) is 0 Å². The molecule has 0 amide bonds. The van der Waals surface area contributed by atoms with E-state index in [9.17, 15) is 4.79 Å². The highest BCUT2D eigenvalue weighted by Gasteiger charge is 2.34. The summed E-state index contributed by atoms with van der Waals surface area (Å²) in [6, 6.07) is 0. The third-order valence-corrected chi connectivity index (χ3v) is 4.44. The summed E-state index contributed by atoms with van der Waals surface area (Å²) in [6.07, 6.45) is 10.0. The van der Waals surface area contributed by atoms with Gasteiger partial charge in [0.05, 0.1) is 26.9 Å². The van der Waals surface area contributed by atoms with Crippen molar-refractivity contribution in [2.75, 3.05) is 21.3 Å². The number of hydrogen-bond donors (Lipinski definition) is 1. The zero-order valence-corrected chi connectivity index (χ0v) is 15.1. The van der Waals surface area contributed by atoms with Gasteiger partial charge in [0, 0.05) is 13.5 Å². The second-order valence-corrected chi connectivity index (χ2v) is 5.97. The average Bonchev–Trinajstić information content (AvgIpc) is 2.61. The standard InChI is InChI=1S/C18H29NO5/c1-5-6-7-8-14(11-17(20)23-3)15-9-10-18(24-4,13-19-21)12-16(15)22-2/h9-10,13-14,21H,5-8,11-12H2,1-4H3. The summed E-state index contributed by atoms with van der Waals surface area (Å²) < 4.78 is 15.9. The SMILES string of the molecule is CCCCCC(CC(=O)OC)C1=C(OC)CC(C=NO)(OC)C=C1. The number of ether oxygens (including phenoxy) is 3. The zero-order valence-electron chi connectivity index (χ0n) is 15.1. The highest BCUT2D eigenvalue weighted by molar-refractivity contribution is 5.74. The van der Waals surface area contributed by atoms with Crippen LogP contribution in [0.5, 0.6) is 0 Å². The van der Waals surface area contributed by atoms with Crippen molar-refractivity contribution in [3.8, 4) is 0 Å². The highest BCUT2D eigenvalue weighted by atomic mass is 16.5. The Balaban J connectivity index is 3.05. The fraction of sp³-hybridized carbons (Fsp3) is 0.667. The Kier molecular flexibility index (Phi) is 8.54. The van der Waals surface area contributed by atoms with Crippen molar-refractivity contribution in [1.29, 1.82) is 0 Å². The molecule has 0 aliphatic heterocycles. The number of rotatable bonds is 10. The molecular weight excluding hydrogens is 310 g/mol. The number of carbonyl (C=O) groups excluding carboxylic acids is 1. The van der Waals surface area contributed by atoms with Crippen LogP contribution in [0.4, 0.5) is 0 Å². The van der Waals surface area contributed by atoms with Crippen LogP contribution >= 0.6 is 0 Å². The number of oxime groups is 1. The van der Waals surface area contributed by atoms with Crippen LogP contribution in [0.15, 0.2) is 28.6 Å². The smallest absolute Gasteiger partial charge is 0.306 e. The first-order chi connectivity index (χ1) is 11.6. The van der Waals surface area contributed by atoms with Gasteiger partial charge in [-0.3, -0.25) is 4.79 Å². The highest BCUT2D eigenvalue weighted by Crippen LogP contribution is 2.35. The van der Waals surface area contributed by atoms with Gasteiger partial charge in [0.15, 0.2) is 0 Å². The van der Waals surface area contributed by atoms with Crippen LogP contribution in [0, 0.1) is 5.92 Å². The number of methoxy groups -OCH3 is 3. The summed E-state index contributed by atoms with van der Waals surface area (Å²) in [5.41, 5.74) is 0.154. The molecule has 1 N–H and O–H groups in total. The molecule has 0 aromatic heterocycles. The summed E-state index contributed by atoms with van der Waals surface area (Å²) in [7, 11) is 4.56. The third kappa shape index (κ3) is 5.37. The van der Waals surface area contributed by atoms with Crippen LogP contribution in [-0.2, 0) is 19.0 Å². The van der Waals surface area contributed by atoms with E-state index in [1.807, 2.05) is 12.2 Å². The van der Waals surface area contributed by atoms with E-state index >= 15 is 0 Å². The maximum atomic E-state index is 11.8. The molecule has 2 unspecified atom stereocenters. The fourth-order valence-corrected chi connectivity index (χ4v) is 2.96. The lowest BCUT2D eigenvalue weighted by atomic mass is 9.82. The molecule has 2 atom stereocenters. The lowest BCUT2D eigenvalue weighted by Crippen LogP contribution is -2.34. The van der Waals surface area contributed by atoms with Gasteiger partial charge in [-0.2, -0.15) is 0 Å². The van der Waals surface area contributed by atoms with E-state index in [2.05, 4.69) is 12.1 Å². The maximum Gasteiger partial charge on any atom is 0.306 e. The summed E-state index contributed by atoms with van der Waals surface area (Å²) >= 11 is 0. The van der Waals surface area contributed by atoms with E-state index < -0.39 is 5.60 Å². The lowest BCUT2D eigenvalue weighted by molar-refractivity contribution is -0.141. The van der Waals surface area contributed by atoms with Crippen molar-refractivity contribution in [2.45, 2.75) is 51.0 Å². The Morgan fingerprint density at radius 3 is 2.71 bits per heavy atom. The molecule has 1 rings (SSSR count). The summed E-state index contributed by atoms with van der Waals surface area (Å²) in [5, 5.41) is 12.0. The van der Waals surface area contributed by atoms with Crippen LogP contribution in [0.25, 0.3) is 0 Å². The van der Waals surface area contributed by atoms with Crippen molar-refractivity contribution in [3.05, 3.63) is 23.5 Å². The molecule has 0 radical (unpaired) electrons. The molecule has 0 spiro atoms. The number of carbonyl (C=O) groups is 1. The van der Waals surface area contributed by atoms with Crippen LogP contribution in [0.2, 0.25) is 0 Å². The molecular formula is C18H29NO5. The first-order valence-electron chi connectivity index (χ1n) is 8.32. The predicted molar refractivity (Wildman–Crippen MR) is 92.1 cm³/mol. The van der Waals surface area contributed by atoms with E-state index in [0.717, 1.165) is 37.0 Å².